The second kappa shape index (κ2) is 8.64. The summed E-state index contributed by atoms with van der Waals surface area (Å²) in [5.41, 5.74) is 0.241. The molecule has 0 aliphatic rings. The van der Waals surface area contributed by atoms with Crippen molar-refractivity contribution in [3.8, 4) is 5.75 Å². The Morgan fingerprint density at radius 1 is 0.862 bits per heavy atom. The molecule has 9 nitrogen and oxygen atoms in total. The van der Waals surface area contributed by atoms with E-state index in [1.807, 2.05) is 0 Å². The van der Waals surface area contributed by atoms with Crippen LogP contribution < -0.4 is 0 Å². The van der Waals surface area contributed by atoms with E-state index in [0.29, 0.717) is 10.9 Å². The molecule has 0 fully saturated rings. The van der Waals surface area contributed by atoms with Crippen molar-refractivity contribution in [2.24, 2.45) is 10.2 Å². The first kappa shape index (κ1) is 23.7. The van der Waals surface area contributed by atoms with Gasteiger partial charge in [0.05, 0.1) is 9.79 Å². The number of nitrogens with zero attached hydrogens (tertiary/aromatic N) is 2. The van der Waals surface area contributed by atoms with Crippen molar-refractivity contribution in [2.45, 2.75) is 16.7 Å². The molecule has 1 N–H and O–H groups in total. The van der Waals surface area contributed by atoms with Gasteiger partial charge in [-0.05, 0) is 48.2 Å². The zero-order valence-corrected chi connectivity index (χ0v) is 18.8. The van der Waals surface area contributed by atoms with Crippen LogP contribution >= 0.6 is 0 Å². The first-order chi connectivity index (χ1) is 13.0. The molecule has 0 heterocycles. The van der Waals surface area contributed by atoms with Gasteiger partial charge in [0.1, 0.15) is 37.4 Å². The number of benzene rings is 3. The van der Waals surface area contributed by atoms with Crippen LogP contribution in [-0.4, -0.2) is 68.8 Å². The van der Waals surface area contributed by atoms with E-state index in [-0.39, 0.29) is 60.2 Å². The van der Waals surface area contributed by atoms with Crippen LogP contribution in [0.4, 0.5) is 11.4 Å². The van der Waals surface area contributed by atoms with Crippen LogP contribution in [0.25, 0.3) is 10.8 Å². The number of phenolic OH excluding ortho intramolecular Hbond substituents is 1. The molecule has 146 valence electrons. The van der Waals surface area contributed by atoms with E-state index in [1.54, 1.807) is 6.92 Å². The van der Waals surface area contributed by atoms with Crippen molar-refractivity contribution < 1.29 is 31.0 Å². The minimum absolute atomic E-state index is 0. The molecule has 29 heavy (non-hydrogen) atoms. The largest absolute Gasteiger partial charge is 2.00 e. The molecule has 0 aliphatic carbocycles. The van der Waals surface area contributed by atoms with Crippen molar-refractivity contribution in [1.29, 1.82) is 0 Å². The van der Waals surface area contributed by atoms with Gasteiger partial charge in [0.2, 0.25) is 0 Å². The van der Waals surface area contributed by atoms with Crippen LogP contribution in [-0.2, 0) is 20.2 Å². The zero-order valence-electron chi connectivity index (χ0n) is 14.9. The summed E-state index contributed by atoms with van der Waals surface area (Å²) >= 11 is 0. The number of aromatic hydroxyl groups is 1. The van der Waals surface area contributed by atoms with Crippen LogP contribution in [0.15, 0.2) is 68.6 Å². The Morgan fingerprint density at radius 3 is 2.17 bits per heavy atom. The van der Waals surface area contributed by atoms with Gasteiger partial charge in [-0.2, -0.15) is 0 Å². The van der Waals surface area contributed by atoms with Gasteiger partial charge in [0.15, 0.2) is 0 Å². The van der Waals surface area contributed by atoms with E-state index < -0.39 is 30.0 Å². The third kappa shape index (κ3) is 5.31. The Hall–Kier alpha value is -1.60. The Morgan fingerprint density at radius 2 is 1.55 bits per heavy atom. The van der Waals surface area contributed by atoms with Gasteiger partial charge in [0, 0.05) is 5.39 Å². The van der Waals surface area contributed by atoms with Gasteiger partial charge < -0.3 is 14.2 Å². The van der Waals surface area contributed by atoms with E-state index in [9.17, 15) is 31.0 Å². The standard InChI is InChI=1S/C17H14N2O7S2.Ca/c1-10-2-6-14(16(8-10)28(24,25)26)18-19-17-13-5-4-12(27(21,22)23)9-11(13)3-7-15(17)20;/h2-9,20H,1H3,(H,21,22,23)(H,24,25,26);/q;+2/p-2. The molecule has 0 radical (unpaired) electrons. The predicted octanol–water partition coefficient (Wildman–Crippen LogP) is 2.70. The van der Waals surface area contributed by atoms with Gasteiger partial charge in [-0.1, -0.05) is 18.2 Å². The summed E-state index contributed by atoms with van der Waals surface area (Å²) in [6.45, 7) is 1.60. The van der Waals surface area contributed by atoms with E-state index in [2.05, 4.69) is 10.2 Å². The number of rotatable bonds is 4. The molecule has 0 atom stereocenters. The maximum atomic E-state index is 11.4. The van der Waals surface area contributed by atoms with Gasteiger partial charge in [-0.25, -0.2) is 16.8 Å². The van der Waals surface area contributed by atoms with Crippen molar-refractivity contribution >= 4 is 80.1 Å². The summed E-state index contributed by atoms with van der Waals surface area (Å²) in [5.74, 6) is -0.312. The predicted molar refractivity (Wildman–Crippen MR) is 103 cm³/mol. The number of aryl methyl sites for hydroxylation is 1. The molecular weight excluding hydrogens is 448 g/mol. The average molecular weight is 461 g/mol. The molecule has 0 amide bonds. The minimum atomic E-state index is -4.80. The molecule has 0 aliphatic heterocycles. The third-order valence-corrected chi connectivity index (χ3v) is 5.57. The second-order valence-corrected chi connectivity index (χ2v) is 8.62. The van der Waals surface area contributed by atoms with Crippen molar-refractivity contribution in [2.75, 3.05) is 0 Å². The topological polar surface area (TPSA) is 159 Å². The van der Waals surface area contributed by atoms with E-state index >= 15 is 0 Å². The number of hydrogen-bond donors (Lipinski definition) is 1. The van der Waals surface area contributed by atoms with Crippen molar-refractivity contribution in [3.05, 3.63) is 54.1 Å². The third-order valence-electron chi connectivity index (χ3n) is 3.87. The molecular formula is C17H12CaN2O7S2. The van der Waals surface area contributed by atoms with Crippen LogP contribution in [0.3, 0.4) is 0 Å². The fraction of sp³-hybridized carbons (Fsp3) is 0.0588. The first-order valence-electron chi connectivity index (χ1n) is 7.67. The van der Waals surface area contributed by atoms with E-state index in [0.717, 1.165) is 18.2 Å². The Kier molecular flexibility index (Phi) is 7.05. The van der Waals surface area contributed by atoms with E-state index in [4.69, 9.17) is 0 Å². The molecule has 3 aromatic carbocycles. The summed E-state index contributed by atoms with van der Waals surface area (Å²) in [6, 6.07) is 10.1. The fourth-order valence-corrected chi connectivity index (χ4v) is 3.75. The Labute approximate surface area is 196 Å². The first-order valence-corrected chi connectivity index (χ1v) is 10.5. The summed E-state index contributed by atoms with van der Waals surface area (Å²) in [5, 5.41) is 18.3. The monoisotopic (exact) mass is 460 g/mol. The maximum Gasteiger partial charge on any atom is 2.00 e. The summed E-state index contributed by atoms with van der Waals surface area (Å²) in [4.78, 5) is -1.01. The quantitative estimate of drug-likeness (QED) is 0.356. The number of hydrogen-bond acceptors (Lipinski definition) is 9. The fourth-order valence-electron chi connectivity index (χ4n) is 2.55. The summed E-state index contributed by atoms with van der Waals surface area (Å²) in [7, 11) is -9.47. The molecule has 12 heteroatoms. The van der Waals surface area contributed by atoms with Gasteiger partial charge >= 0.3 is 37.7 Å². The maximum absolute atomic E-state index is 11.4. The summed E-state index contributed by atoms with van der Waals surface area (Å²) in [6.07, 6.45) is 0. The number of fused-ring (bicyclic) bond motifs is 1. The zero-order chi connectivity index (χ0) is 20.7. The Balaban J connectivity index is 0.00000300. The Bertz CT molecular complexity index is 1340. The summed E-state index contributed by atoms with van der Waals surface area (Å²) < 4.78 is 67.8. The number of azo groups is 1. The normalized spacial score (nSPS) is 12.2. The molecule has 0 saturated heterocycles. The van der Waals surface area contributed by atoms with Crippen LogP contribution in [0.1, 0.15) is 5.56 Å². The molecule has 0 unspecified atom stereocenters. The second-order valence-electron chi connectivity index (χ2n) is 5.90. The minimum Gasteiger partial charge on any atom is -0.744 e. The molecule has 3 aromatic rings. The molecule has 0 spiro atoms. The molecule has 0 aromatic heterocycles. The average Bonchev–Trinajstić information content (AvgIpc) is 2.59. The van der Waals surface area contributed by atoms with Gasteiger partial charge in [0.25, 0.3) is 0 Å². The SMILES string of the molecule is Cc1ccc(N=Nc2c(O)ccc3cc(S(=O)(=O)[O-])ccc23)c(S(=O)(=O)[O-])c1.[Ca+2]. The molecule has 0 saturated carbocycles. The smallest absolute Gasteiger partial charge is 0.744 e. The van der Waals surface area contributed by atoms with Crippen LogP contribution in [0.2, 0.25) is 0 Å². The van der Waals surface area contributed by atoms with Crippen LogP contribution in [0, 0.1) is 6.92 Å². The van der Waals surface area contributed by atoms with Crippen molar-refractivity contribution in [3.63, 3.8) is 0 Å². The van der Waals surface area contributed by atoms with E-state index in [1.165, 1.54) is 30.3 Å². The number of phenols is 1. The molecule has 0 bridgehead atoms. The van der Waals surface area contributed by atoms with Crippen molar-refractivity contribution in [1.82, 2.24) is 0 Å². The van der Waals surface area contributed by atoms with Gasteiger partial charge in [-0.15, -0.1) is 10.2 Å². The molecule has 3 rings (SSSR count). The van der Waals surface area contributed by atoms with Crippen LogP contribution in [0.5, 0.6) is 5.75 Å². The van der Waals surface area contributed by atoms with Gasteiger partial charge in [-0.3, -0.25) is 0 Å².